The van der Waals surface area contributed by atoms with Crippen molar-refractivity contribution in [1.82, 2.24) is 0 Å². The number of thiophene rings is 1. The van der Waals surface area contributed by atoms with Crippen molar-refractivity contribution in [3.8, 4) is 0 Å². The smallest absolute Gasteiger partial charge is 0.323 e. The molecule has 0 aliphatic rings. The summed E-state index contributed by atoms with van der Waals surface area (Å²) in [5, 5.41) is 13.2. The lowest BCUT2D eigenvalue weighted by molar-refractivity contribution is -0.136. The zero-order valence-electron chi connectivity index (χ0n) is 10.5. The third kappa shape index (κ3) is 3.82. The normalized spacial score (nSPS) is 10.2. The molecule has 4 nitrogen and oxygen atoms in total. The minimum absolute atomic E-state index is 0.180. The number of nitrogens with zero attached hydrogens (tertiary/aromatic N) is 1. The molecule has 2 aromatic rings. The summed E-state index contributed by atoms with van der Waals surface area (Å²) in [4.78, 5) is 24.5. The predicted octanol–water partition coefficient (Wildman–Crippen LogP) is 3.06. The topological polar surface area (TPSA) is 57.6 Å². The number of carboxylic acids is 1. The molecule has 0 spiro atoms. The Morgan fingerprint density at radius 3 is 2.45 bits per heavy atom. The molecule has 0 aliphatic carbocycles. The molecule has 1 heterocycles. The molecule has 6 heteroatoms. The van der Waals surface area contributed by atoms with Crippen molar-refractivity contribution in [3.05, 3.63) is 51.7 Å². The van der Waals surface area contributed by atoms with Crippen LogP contribution in [0.5, 0.6) is 0 Å². The van der Waals surface area contributed by atoms with E-state index in [0.717, 1.165) is 5.56 Å². The molecular weight excluding hydrogens is 298 g/mol. The number of amides is 1. The average molecular weight is 310 g/mol. The lowest BCUT2D eigenvalue weighted by Gasteiger charge is -2.20. The van der Waals surface area contributed by atoms with Crippen LogP contribution in [0.1, 0.15) is 5.56 Å². The number of rotatable bonds is 5. The monoisotopic (exact) mass is 309 g/mol. The number of hydrogen-bond acceptors (Lipinski definition) is 3. The van der Waals surface area contributed by atoms with Crippen molar-refractivity contribution >= 4 is 40.5 Å². The van der Waals surface area contributed by atoms with Crippen molar-refractivity contribution in [1.29, 1.82) is 0 Å². The van der Waals surface area contributed by atoms with Gasteiger partial charge >= 0.3 is 5.97 Å². The van der Waals surface area contributed by atoms with Gasteiger partial charge in [-0.2, -0.15) is 11.3 Å². The van der Waals surface area contributed by atoms with E-state index in [-0.39, 0.29) is 18.9 Å². The van der Waals surface area contributed by atoms with Gasteiger partial charge in [-0.25, -0.2) is 0 Å². The van der Waals surface area contributed by atoms with Crippen LogP contribution in [-0.4, -0.2) is 23.5 Å². The van der Waals surface area contributed by atoms with Gasteiger partial charge in [0.15, 0.2) is 0 Å². The van der Waals surface area contributed by atoms with E-state index >= 15 is 0 Å². The molecular formula is C14H12ClNO3S. The Morgan fingerprint density at radius 1 is 1.20 bits per heavy atom. The molecule has 20 heavy (non-hydrogen) atoms. The SMILES string of the molecule is O=C(O)CN(C(=O)Cc1ccsc1)c1ccc(Cl)cc1. The maximum atomic E-state index is 12.3. The highest BCUT2D eigenvalue weighted by Gasteiger charge is 2.19. The van der Waals surface area contributed by atoms with Crippen LogP contribution in [0, 0.1) is 0 Å². The molecule has 1 amide bonds. The fourth-order valence-corrected chi connectivity index (χ4v) is 2.54. The van der Waals surface area contributed by atoms with Gasteiger partial charge in [-0.3, -0.25) is 9.59 Å². The number of carboxylic acid groups (broad SMARTS) is 1. The van der Waals surface area contributed by atoms with E-state index in [2.05, 4.69) is 0 Å². The largest absolute Gasteiger partial charge is 0.480 e. The highest BCUT2D eigenvalue weighted by atomic mass is 35.5. The first-order valence-electron chi connectivity index (χ1n) is 5.85. The fraction of sp³-hybridized carbons (Fsp3) is 0.143. The predicted molar refractivity (Wildman–Crippen MR) is 79.5 cm³/mol. The van der Waals surface area contributed by atoms with Gasteiger partial charge in [0, 0.05) is 10.7 Å². The molecule has 1 N–H and O–H groups in total. The van der Waals surface area contributed by atoms with E-state index in [0.29, 0.717) is 10.7 Å². The van der Waals surface area contributed by atoms with Crippen LogP contribution in [0.15, 0.2) is 41.1 Å². The van der Waals surface area contributed by atoms with Crippen molar-refractivity contribution in [2.24, 2.45) is 0 Å². The summed E-state index contributed by atoms with van der Waals surface area (Å²) in [6, 6.07) is 8.38. The minimum atomic E-state index is -1.06. The van der Waals surface area contributed by atoms with Crippen molar-refractivity contribution in [2.45, 2.75) is 6.42 Å². The Morgan fingerprint density at radius 2 is 1.90 bits per heavy atom. The first-order chi connectivity index (χ1) is 9.56. The van der Waals surface area contributed by atoms with Crippen LogP contribution >= 0.6 is 22.9 Å². The second-order valence-electron chi connectivity index (χ2n) is 4.16. The Balaban J connectivity index is 2.20. The fourth-order valence-electron chi connectivity index (χ4n) is 1.74. The van der Waals surface area contributed by atoms with Gasteiger partial charge in [-0.1, -0.05) is 11.6 Å². The standard InChI is InChI=1S/C14H12ClNO3S/c15-11-1-3-12(4-2-11)16(8-14(18)19)13(17)7-10-5-6-20-9-10/h1-6,9H,7-8H2,(H,18,19). The van der Waals surface area contributed by atoms with Crippen LogP contribution in [0.2, 0.25) is 5.02 Å². The van der Waals surface area contributed by atoms with Crippen LogP contribution in [0.25, 0.3) is 0 Å². The van der Waals surface area contributed by atoms with Crippen LogP contribution in [0.4, 0.5) is 5.69 Å². The molecule has 0 unspecified atom stereocenters. The van der Waals surface area contributed by atoms with Crippen LogP contribution in [0.3, 0.4) is 0 Å². The zero-order chi connectivity index (χ0) is 14.5. The summed E-state index contributed by atoms with van der Waals surface area (Å²) in [5.41, 5.74) is 1.40. The summed E-state index contributed by atoms with van der Waals surface area (Å²) in [6.07, 6.45) is 0.180. The van der Waals surface area contributed by atoms with Crippen molar-refractivity contribution in [3.63, 3.8) is 0 Å². The quantitative estimate of drug-likeness (QED) is 0.923. The molecule has 0 aliphatic heterocycles. The third-order valence-electron chi connectivity index (χ3n) is 2.67. The molecule has 1 aromatic heterocycles. The minimum Gasteiger partial charge on any atom is -0.480 e. The molecule has 0 fully saturated rings. The molecule has 2 rings (SSSR count). The van der Waals surface area contributed by atoms with E-state index in [1.807, 2.05) is 16.8 Å². The summed E-state index contributed by atoms with van der Waals surface area (Å²) < 4.78 is 0. The number of halogens is 1. The first kappa shape index (κ1) is 14.6. The van der Waals surface area contributed by atoms with Gasteiger partial charge in [0.25, 0.3) is 0 Å². The van der Waals surface area contributed by atoms with E-state index < -0.39 is 5.97 Å². The number of carbonyl (C=O) groups is 2. The van der Waals surface area contributed by atoms with Gasteiger partial charge in [0.1, 0.15) is 6.54 Å². The van der Waals surface area contributed by atoms with Gasteiger partial charge in [-0.05, 0) is 46.7 Å². The molecule has 0 saturated heterocycles. The average Bonchev–Trinajstić information content (AvgIpc) is 2.89. The molecule has 104 valence electrons. The van der Waals surface area contributed by atoms with Crippen molar-refractivity contribution in [2.75, 3.05) is 11.4 Å². The first-order valence-corrected chi connectivity index (χ1v) is 7.17. The maximum Gasteiger partial charge on any atom is 0.323 e. The second kappa shape index (κ2) is 6.54. The lowest BCUT2D eigenvalue weighted by Crippen LogP contribution is -2.36. The number of aliphatic carboxylic acids is 1. The number of hydrogen-bond donors (Lipinski definition) is 1. The molecule has 0 bridgehead atoms. The van der Waals surface area contributed by atoms with E-state index in [1.54, 1.807) is 24.3 Å². The van der Waals surface area contributed by atoms with Crippen LogP contribution < -0.4 is 4.90 Å². The lowest BCUT2D eigenvalue weighted by atomic mass is 10.2. The Hall–Kier alpha value is -1.85. The van der Waals surface area contributed by atoms with E-state index in [4.69, 9.17) is 16.7 Å². The highest BCUT2D eigenvalue weighted by molar-refractivity contribution is 7.08. The Labute approximate surface area is 125 Å². The summed E-state index contributed by atoms with van der Waals surface area (Å²) in [6.45, 7) is -0.370. The molecule has 0 atom stereocenters. The van der Waals surface area contributed by atoms with E-state index in [1.165, 1.54) is 16.2 Å². The van der Waals surface area contributed by atoms with Gasteiger partial charge in [0.2, 0.25) is 5.91 Å². The Bertz CT molecular complexity index is 595. The van der Waals surface area contributed by atoms with Crippen molar-refractivity contribution < 1.29 is 14.7 Å². The molecule has 1 aromatic carbocycles. The summed E-state index contributed by atoms with van der Waals surface area (Å²) in [5.74, 6) is -1.31. The number of benzene rings is 1. The maximum absolute atomic E-state index is 12.3. The Kier molecular flexibility index (Phi) is 4.76. The summed E-state index contributed by atoms with van der Waals surface area (Å²) >= 11 is 7.30. The van der Waals surface area contributed by atoms with Crippen LogP contribution in [-0.2, 0) is 16.0 Å². The third-order valence-corrected chi connectivity index (χ3v) is 3.65. The second-order valence-corrected chi connectivity index (χ2v) is 5.37. The highest BCUT2D eigenvalue weighted by Crippen LogP contribution is 2.19. The molecule has 0 saturated carbocycles. The van der Waals surface area contributed by atoms with Gasteiger partial charge in [0.05, 0.1) is 6.42 Å². The number of carbonyl (C=O) groups excluding carboxylic acids is 1. The van der Waals surface area contributed by atoms with Gasteiger partial charge in [-0.15, -0.1) is 0 Å². The zero-order valence-corrected chi connectivity index (χ0v) is 12.0. The molecule has 0 radical (unpaired) electrons. The number of anilines is 1. The summed E-state index contributed by atoms with van der Waals surface area (Å²) in [7, 11) is 0. The van der Waals surface area contributed by atoms with E-state index in [9.17, 15) is 9.59 Å². The van der Waals surface area contributed by atoms with Gasteiger partial charge < -0.3 is 10.0 Å².